The highest BCUT2D eigenvalue weighted by Gasteiger charge is 2.40. The average molecular weight is 382 g/mol. The summed E-state index contributed by atoms with van der Waals surface area (Å²) in [4.78, 5) is 19.3. The summed E-state index contributed by atoms with van der Waals surface area (Å²) in [5.74, 6) is 0.349. The molecule has 26 heavy (non-hydrogen) atoms. The van der Waals surface area contributed by atoms with Crippen molar-refractivity contribution >= 4 is 21.9 Å². The van der Waals surface area contributed by atoms with Gasteiger partial charge in [0.25, 0.3) is 5.91 Å². The molecule has 0 bridgehead atoms. The molecule has 0 spiro atoms. The smallest absolute Gasteiger partial charge is 0.304 e. The van der Waals surface area contributed by atoms with Crippen LogP contribution in [0, 0.1) is 5.92 Å². The molecule has 1 unspecified atom stereocenters. The number of amides is 1. The van der Waals surface area contributed by atoms with Crippen LogP contribution >= 0.6 is 0 Å². The van der Waals surface area contributed by atoms with Crippen LogP contribution in [-0.2, 0) is 10.2 Å². The number of hydrogen-bond donors (Lipinski definition) is 2. The molecule has 8 nitrogen and oxygen atoms in total. The predicted molar refractivity (Wildman–Crippen MR) is 100 cm³/mol. The highest BCUT2D eigenvalue weighted by atomic mass is 32.2. The Morgan fingerprint density at radius 1 is 1.31 bits per heavy atom. The van der Waals surface area contributed by atoms with E-state index >= 15 is 0 Å². The molecule has 1 atom stereocenters. The minimum Gasteiger partial charge on any atom is -0.351 e. The SMILES string of the molecule is CC1CCN(c2ncccc2C(=O)NS(=O)(=O)N2CCNCC2)C1(C)C. The van der Waals surface area contributed by atoms with Gasteiger partial charge in [-0.2, -0.15) is 12.7 Å². The van der Waals surface area contributed by atoms with E-state index in [9.17, 15) is 13.2 Å². The van der Waals surface area contributed by atoms with Crippen LogP contribution in [0.4, 0.5) is 5.82 Å². The van der Waals surface area contributed by atoms with Gasteiger partial charge in [0.05, 0.1) is 5.56 Å². The topological polar surface area (TPSA) is 94.6 Å². The Morgan fingerprint density at radius 3 is 2.62 bits per heavy atom. The number of carbonyl (C=O) groups is 1. The third-order valence-electron chi connectivity index (χ3n) is 5.61. The molecular formula is C17H27N5O3S. The standard InChI is InChI=1S/C17H27N5O3S/c1-13-6-10-22(17(13,2)3)15-14(5-4-7-19-15)16(23)20-26(24,25)21-11-8-18-9-12-21/h4-5,7,13,18H,6,8-12H2,1-3H3,(H,20,23). The largest absolute Gasteiger partial charge is 0.351 e. The first-order chi connectivity index (χ1) is 12.2. The summed E-state index contributed by atoms with van der Waals surface area (Å²) < 4.78 is 28.5. The number of nitrogens with one attached hydrogen (secondary N) is 2. The number of piperazine rings is 1. The lowest BCUT2D eigenvalue weighted by atomic mass is 9.90. The molecule has 0 aliphatic carbocycles. The number of pyridine rings is 1. The maximum absolute atomic E-state index is 12.8. The van der Waals surface area contributed by atoms with E-state index in [4.69, 9.17) is 0 Å². The molecule has 0 aromatic carbocycles. The van der Waals surface area contributed by atoms with Gasteiger partial charge in [-0.25, -0.2) is 9.71 Å². The van der Waals surface area contributed by atoms with Crippen molar-refractivity contribution in [2.75, 3.05) is 37.6 Å². The number of rotatable bonds is 4. The van der Waals surface area contributed by atoms with E-state index in [2.05, 4.69) is 40.7 Å². The normalized spacial score (nSPS) is 23.8. The van der Waals surface area contributed by atoms with Crippen LogP contribution in [0.2, 0.25) is 0 Å². The lowest BCUT2D eigenvalue weighted by Gasteiger charge is -2.36. The van der Waals surface area contributed by atoms with Gasteiger partial charge in [-0.05, 0) is 38.3 Å². The van der Waals surface area contributed by atoms with Crippen LogP contribution in [0.3, 0.4) is 0 Å². The molecule has 9 heteroatoms. The monoisotopic (exact) mass is 381 g/mol. The van der Waals surface area contributed by atoms with Gasteiger partial charge < -0.3 is 10.2 Å². The second-order valence-electron chi connectivity index (χ2n) is 7.45. The summed E-state index contributed by atoms with van der Waals surface area (Å²) >= 11 is 0. The maximum atomic E-state index is 12.8. The van der Waals surface area contributed by atoms with Gasteiger partial charge in [0, 0.05) is 44.5 Å². The first-order valence-corrected chi connectivity index (χ1v) is 10.4. The molecule has 2 fully saturated rings. The maximum Gasteiger partial charge on any atom is 0.304 e. The number of nitrogens with zero attached hydrogens (tertiary/aromatic N) is 3. The molecule has 2 saturated heterocycles. The van der Waals surface area contributed by atoms with Crippen LogP contribution < -0.4 is 14.9 Å². The Kier molecular flexibility index (Phi) is 5.23. The van der Waals surface area contributed by atoms with E-state index in [1.54, 1.807) is 18.3 Å². The highest BCUT2D eigenvalue weighted by molar-refractivity contribution is 7.87. The van der Waals surface area contributed by atoms with Crippen LogP contribution in [0.5, 0.6) is 0 Å². The quantitative estimate of drug-likeness (QED) is 0.793. The summed E-state index contributed by atoms with van der Waals surface area (Å²) in [7, 11) is -3.86. The summed E-state index contributed by atoms with van der Waals surface area (Å²) in [5, 5.41) is 3.10. The average Bonchev–Trinajstić information content (AvgIpc) is 2.88. The van der Waals surface area contributed by atoms with Gasteiger partial charge >= 0.3 is 10.2 Å². The Balaban J connectivity index is 1.85. The van der Waals surface area contributed by atoms with Gasteiger partial charge in [0.1, 0.15) is 5.82 Å². The molecule has 0 saturated carbocycles. The van der Waals surface area contributed by atoms with E-state index < -0.39 is 16.1 Å². The zero-order valence-electron chi connectivity index (χ0n) is 15.5. The Bertz CT molecular complexity index is 774. The fourth-order valence-corrected chi connectivity index (χ4v) is 4.66. The van der Waals surface area contributed by atoms with Crippen molar-refractivity contribution < 1.29 is 13.2 Å². The van der Waals surface area contributed by atoms with Crippen molar-refractivity contribution in [3.63, 3.8) is 0 Å². The number of aromatic nitrogens is 1. The summed E-state index contributed by atoms with van der Waals surface area (Å²) in [6, 6.07) is 3.28. The molecule has 1 amide bonds. The van der Waals surface area contributed by atoms with E-state index in [-0.39, 0.29) is 11.1 Å². The molecule has 144 valence electrons. The Morgan fingerprint density at radius 2 is 2.00 bits per heavy atom. The van der Waals surface area contributed by atoms with Gasteiger partial charge in [0.15, 0.2) is 0 Å². The van der Waals surface area contributed by atoms with Gasteiger partial charge in [-0.15, -0.1) is 0 Å². The molecule has 3 heterocycles. The van der Waals surface area contributed by atoms with Gasteiger partial charge in [0.2, 0.25) is 0 Å². The second kappa shape index (κ2) is 7.13. The van der Waals surface area contributed by atoms with E-state index in [1.165, 1.54) is 4.31 Å². The van der Waals surface area contributed by atoms with E-state index in [0.717, 1.165) is 13.0 Å². The fraction of sp³-hybridized carbons (Fsp3) is 0.647. The van der Waals surface area contributed by atoms with Crippen molar-refractivity contribution in [1.82, 2.24) is 19.3 Å². The molecule has 1 aromatic heterocycles. The molecular weight excluding hydrogens is 354 g/mol. The first kappa shape index (κ1) is 19.1. The minimum atomic E-state index is -3.86. The van der Waals surface area contributed by atoms with Crippen LogP contribution in [-0.4, -0.2) is 61.9 Å². The van der Waals surface area contributed by atoms with Crippen molar-refractivity contribution in [2.24, 2.45) is 5.92 Å². The third-order valence-corrected chi connectivity index (χ3v) is 7.10. The fourth-order valence-electron chi connectivity index (χ4n) is 3.52. The summed E-state index contributed by atoms with van der Waals surface area (Å²) in [6.07, 6.45) is 2.64. The van der Waals surface area contributed by atoms with E-state index in [0.29, 0.717) is 37.9 Å². The zero-order chi connectivity index (χ0) is 18.9. The van der Waals surface area contributed by atoms with Crippen molar-refractivity contribution in [2.45, 2.75) is 32.7 Å². The van der Waals surface area contributed by atoms with Gasteiger partial charge in [-0.3, -0.25) is 4.79 Å². The number of carbonyl (C=O) groups excluding carboxylic acids is 1. The highest BCUT2D eigenvalue weighted by Crippen LogP contribution is 2.38. The van der Waals surface area contributed by atoms with Gasteiger partial charge in [-0.1, -0.05) is 6.92 Å². The molecule has 2 aliphatic rings. The summed E-state index contributed by atoms with van der Waals surface area (Å²) in [5.41, 5.74) is 0.134. The van der Waals surface area contributed by atoms with Crippen LogP contribution in [0.15, 0.2) is 18.3 Å². The zero-order valence-corrected chi connectivity index (χ0v) is 16.3. The predicted octanol–water partition coefficient (Wildman–Crippen LogP) is 0.586. The second-order valence-corrected chi connectivity index (χ2v) is 9.13. The molecule has 2 N–H and O–H groups in total. The molecule has 0 radical (unpaired) electrons. The lowest BCUT2D eigenvalue weighted by Crippen LogP contribution is -2.51. The summed E-state index contributed by atoms with van der Waals surface area (Å²) in [6.45, 7) is 9.06. The van der Waals surface area contributed by atoms with E-state index in [1.807, 2.05) is 0 Å². The Hall–Kier alpha value is -1.71. The molecule has 1 aromatic rings. The third kappa shape index (κ3) is 3.56. The lowest BCUT2D eigenvalue weighted by molar-refractivity contribution is 0.0978. The van der Waals surface area contributed by atoms with Crippen molar-refractivity contribution in [3.8, 4) is 0 Å². The van der Waals surface area contributed by atoms with Crippen LogP contribution in [0.25, 0.3) is 0 Å². The number of hydrogen-bond acceptors (Lipinski definition) is 6. The first-order valence-electron chi connectivity index (χ1n) is 8.99. The van der Waals surface area contributed by atoms with Crippen LogP contribution in [0.1, 0.15) is 37.6 Å². The minimum absolute atomic E-state index is 0.152. The molecule has 3 rings (SSSR count). The molecule has 2 aliphatic heterocycles. The number of anilines is 1. The van der Waals surface area contributed by atoms with Crippen molar-refractivity contribution in [1.29, 1.82) is 0 Å². The Labute approximate surface area is 155 Å². The van der Waals surface area contributed by atoms with Crippen molar-refractivity contribution in [3.05, 3.63) is 23.9 Å².